The number of hydrogen-bond acceptors (Lipinski definition) is 3. The smallest absolute Gasteiger partial charge is 1.00 e. The summed E-state index contributed by atoms with van der Waals surface area (Å²) in [5, 5.41) is 3.88. The van der Waals surface area contributed by atoms with Crippen LogP contribution in [-0.2, 0) is 20.4 Å². The Morgan fingerprint density at radius 2 is 0.842 bits per heavy atom. The number of rotatable bonds is 7. The van der Waals surface area contributed by atoms with Gasteiger partial charge < -0.3 is 37.2 Å². The number of allylic oxidation sites excluding steroid dienone is 4. The van der Waals surface area contributed by atoms with Crippen LogP contribution in [0.3, 0.4) is 0 Å². The summed E-state index contributed by atoms with van der Waals surface area (Å²) in [5.74, 6) is 2.59. The van der Waals surface area contributed by atoms with E-state index in [1.54, 1.807) is 21.3 Å². The summed E-state index contributed by atoms with van der Waals surface area (Å²) in [5.41, 5.74) is 5.62. The predicted octanol–water partition coefficient (Wildman–Crippen LogP) is -3.87. The molecule has 38 heavy (non-hydrogen) atoms. The van der Waals surface area contributed by atoms with E-state index in [1.165, 1.54) is 37.9 Å². The minimum atomic E-state index is -2.82. The Morgan fingerprint density at radius 3 is 1.11 bits per heavy atom. The average molecular weight is 624 g/mol. The third kappa shape index (κ3) is 5.24. The quantitative estimate of drug-likeness (QED) is 0.199. The third-order valence-corrected chi connectivity index (χ3v) is 16.2. The Bertz CT molecular complexity index is 1200. The van der Waals surface area contributed by atoms with Crippen molar-refractivity contribution in [2.24, 2.45) is 0 Å². The molecule has 0 N–H and O–H groups in total. The van der Waals surface area contributed by atoms with Crippen molar-refractivity contribution in [3.63, 3.8) is 0 Å². The Kier molecular flexibility index (Phi) is 12.3. The second-order valence-corrected chi connectivity index (χ2v) is 15.1. The number of methoxy groups -OCH3 is 3. The first-order chi connectivity index (χ1) is 16.7. The second-order valence-electron chi connectivity index (χ2n) is 9.20. The van der Waals surface area contributed by atoms with Gasteiger partial charge in [-0.1, -0.05) is 0 Å². The Balaban J connectivity index is 0.00000241. The molecule has 0 aliphatic heterocycles. The van der Waals surface area contributed by atoms with Crippen LogP contribution >= 0.6 is 0 Å². The summed E-state index contributed by atoms with van der Waals surface area (Å²) in [6, 6.07) is 26.0. The molecule has 4 rings (SSSR count). The maximum atomic E-state index is 5.75. The zero-order chi connectivity index (χ0) is 25.4. The molecule has 0 aromatic heterocycles. The molecule has 3 aromatic carbocycles. The van der Waals surface area contributed by atoms with Gasteiger partial charge in [0.05, 0.1) is 0 Å². The van der Waals surface area contributed by atoms with Gasteiger partial charge in [0.1, 0.15) is 0 Å². The molecule has 0 heterocycles. The van der Waals surface area contributed by atoms with Gasteiger partial charge >= 0.3 is 223 Å². The molecule has 0 unspecified atom stereocenters. The number of benzene rings is 3. The summed E-state index contributed by atoms with van der Waals surface area (Å²) in [7, 11) is 2.39. The van der Waals surface area contributed by atoms with E-state index in [0.29, 0.717) is 0 Å². The van der Waals surface area contributed by atoms with Crippen LogP contribution < -0.4 is 67.0 Å². The van der Waals surface area contributed by atoms with E-state index in [-0.39, 0.29) is 40.6 Å². The molecule has 0 spiro atoms. The van der Waals surface area contributed by atoms with E-state index in [4.69, 9.17) is 14.2 Å². The van der Waals surface area contributed by atoms with Gasteiger partial charge in [-0.05, 0) is 0 Å². The van der Waals surface area contributed by atoms with Gasteiger partial charge in [0, 0.05) is 0 Å². The van der Waals surface area contributed by atoms with Crippen molar-refractivity contribution in [1.29, 1.82) is 0 Å². The zero-order valence-electron chi connectivity index (χ0n) is 22.8. The molecule has 1 aliphatic carbocycles. The van der Waals surface area contributed by atoms with E-state index in [0.717, 1.165) is 17.2 Å². The average Bonchev–Trinajstić information content (AvgIpc) is 3.05. The van der Waals surface area contributed by atoms with Gasteiger partial charge in [-0.15, -0.1) is 0 Å². The molecule has 0 saturated carbocycles. The van der Waals surface area contributed by atoms with E-state index >= 15 is 0 Å². The molecule has 0 saturated heterocycles. The molecule has 8 heteroatoms. The minimum Gasteiger partial charge on any atom is -1.00 e. The molecule has 0 bridgehead atoms. The van der Waals surface area contributed by atoms with Gasteiger partial charge in [0.25, 0.3) is 0 Å². The number of hydrogen-bond donors (Lipinski definition) is 0. The fraction of sp³-hybridized carbons (Fsp3) is 0.267. The second kappa shape index (κ2) is 13.6. The Labute approximate surface area is 258 Å². The molecule has 0 amide bonds. The van der Waals surface area contributed by atoms with Gasteiger partial charge in [-0.2, -0.15) is 0 Å². The van der Waals surface area contributed by atoms with Crippen molar-refractivity contribution in [1.82, 2.24) is 0 Å². The fourth-order valence-electron chi connectivity index (χ4n) is 5.69. The predicted molar refractivity (Wildman–Crippen MR) is 143 cm³/mol. The molecular weight excluding hydrogens is 591 g/mol. The maximum absolute atomic E-state index is 5.75. The van der Waals surface area contributed by atoms with Crippen LogP contribution in [0.1, 0.15) is 27.7 Å². The summed E-state index contributed by atoms with van der Waals surface area (Å²) in [4.78, 5) is 0. The largest absolute Gasteiger partial charge is 1.00 e. The molecule has 3 nitrogen and oxygen atoms in total. The third-order valence-electron chi connectivity index (χ3n) is 7.88. The van der Waals surface area contributed by atoms with Gasteiger partial charge in [-0.25, -0.2) is 0 Å². The van der Waals surface area contributed by atoms with E-state index in [1.807, 2.05) is 18.2 Å². The summed E-state index contributed by atoms with van der Waals surface area (Å²) < 4.78 is 17.0. The van der Waals surface area contributed by atoms with Crippen LogP contribution in [0.25, 0.3) is 0 Å². The van der Waals surface area contributed by atoms with Crippen molar-refractivity contribution in [3.8, 4) is 17.2 Å². The van der Waals surface area contributed by atoms with E-state index in [2.05, 4.69) is 103 Å². The summed E-state index contributed by atoms with van der Waals surface area (Å²) >= 11 is 2.45. The van der Waals surface area contributed by atoms with Crippen LogP contribution in [0.15, 0.2) is 95.1 Å². The van der Waals surface area contributed by atoms with Gasteiger partial charge in [0.2, 0.25) is 0 Å². The van der Waals surface area contributed by atoms with Crippen LogP contribution in [0.2, 0.25) is 3.34 Å². The molecule has 3 aromatic rings. The molecular formula is C30H33Cl3O3SiTi. The van der Waals surface area contributed by atoms with Crippen LogP contribution in [0.4, 0.5) is 0 Å². The number of ether oxygens (including phenoxy) is 3. The van der Waals surface area contributed by atoms with Crippen LogP contribution in [0.5, 0.6) is 17.2 Å². The molecule has 0 atom stereocenters. The molecule has 200 valence electrons. The Hall–Kier alpha value is -1.66. The van der Waals surface area contributed by atoms with Crippen molar-refractivity contribution in [2.75, 3.05) is 21.3 Å². The van der Waals surface area contributed by atoms with E-state index in [9.17, 15) is 0 Å². The maximum Gasteiger partial charge on any atom is -1.00 e. The monoisotopic (exact) mass is 622 g/mol. The summed E-state index contributed by atoms with van der Waals surface area (Å²) in [6.45, 7) is 9.16. The van der Waals surface area contributed by atoms with Gasteiger partial charge in [0.15, 0.2) is 0 Å². The van der Waals surface area contributed by atoms with Crippen molar-refractivity contribution < 1.29 is 71.9 Å². The Morgan fingerprint density at radius 1 is 0.553 bits per heavy atom. The van der Waals surface area contributed by atoms with Crippen molar-refractivity contribution >= 4 is 23.6 Å². The van der Waals surface area contributed by atoms with Crippen molar-refractivity contribution in [2.45, 2.75) is 31.0 Å². The number of halogens is 3. The summed E-state index contributed by atoms with van der Waals surface area (Å²) in [6.07, 6.45) is 0. The SMILES string of the molecule is COc1cccc([Si](c2cccc(OC)c2)(c2cccc(OC)c2)[C]2([Ti+3])C(C)=C(C)C(C)=C2C)c1.[Cl-].[Cl-].[Cl-]. The first-order valence-electron chi connectivity index (χ1n) is 11.8. The fourth-order valence-corrected chi connectivity index (χ4v) is 14.2. The van der Waals surface area contributed by atoms with E-state index < -0.39 is 8.07 Å². The minimum absolute atomic E-state index is 0. The first-order valence-corrected chi connectivity index (χ1v) is 14.6. The van der Waals surface area contributed by atoms with Gasteiger partial charge in [-0.3, -0.25) is 0 Å². The molecule has 0 radical (unpaired) electrons. The first kappa shape index (κ1) is 34.4. The zero-order valence-corrected chi connectivity index (χ0v) is 27.6. The van der Waals surface area contributed by atoms with Crippen molar-refractivity contribution in [3.05, 3.63) is 95.1 Å². The normalized spacial score (nSPS) is 14.2. The molecule has 0 fully saturated rings. The standard InChI is InChI=1S/C30H33O3Si.3ClH.Ti/c1-20-21(2)23(4)30(22(20)3)34(27-14-8-11-24(17-27)31-5,28-15-9-12-25(18-28)32-6)29-16-10-13-26(19-29)33-7;;;;/h8-19H,1-7H3;3*1H;/q;;;;+3/p-3. The van der Waals surface area contributed by atoms with Crippen LogP contribution in [0, 0.1) is 0 Å². The van der Waals surface area contributed by atoms with Crippen LogP contribution in [-0.4, -0.2) is 29.4 Å². The topological polar surface area (TPSA) is 27.7 Å². The molecule has 1 aliphatic rings.